The molecule has 228 valence electrons. The molecule has 0 aliphatic carbocycles. The van der Waals surface area contributed by atoms with Gasteiger partial charge in [0.05, 0.1) is 37.6 Å². The van der Waals surface area contributed by atoms with Crippen LogP contribution >= 0.6 is 11.3 Å². The van der Waals surface area contributed by atoms with E-state index in [1.54, 1.807) is 53.6 Å². The molecule has 3 aromatic rings. The van der Waals surface area contributed by atoms with E-state index in [1.807, 2.05) is 6.92 Å². The van der Waals surface area contributed by atoms with Crippen LogP contribution in [-0.4, -0.2) is 83.1 Å². The maximum Gasteiger partial charge on any atom is 0.271 e. The van der Waals surface area contributed by atoms with E-state index < -0.39 is 32.2 Å². The molecule has 0 fully saturated rings. The molecule has 0 unspecified atom stereocenters. The number of hydrogen-bond donors (Lipinski definition) is 2. The van der Waals surface area contributed by atoms with E-state index in [0.29, 0.717) is 17.1 Å². The van der Waals surface area contributed by atoms with Crippen LogP contribution in [0.2, 0.25) is 0 Å². The number of aliphatic hydroxyl groups excluding tert-OH is 1. The van der Waals surface area contributed by atoms with Crippen molar-refractivity contribution in [3.8, 4) is 11.5 Å². The van der Waals surface area contributed by atoms with Gasteiger partial charge in [-0.15, -0.1) is 11.3 Å². The Morgan fingerprint density at radius 1 is 1.17 bits per heavy atom. The Bertz CT molecular complexity index is 1590. The molecule has 42 heavy (non-hydrogen) atoms. The molecule has 4 rings (SSSR count). The summed E-state index contributed by atoms with van der Waals surface area (Å²) < 4.78 is 67.8. The first-order valence-electron chi connectivity index (χ1n) is 13.2. The number of rotatable bonds is 10. The van der Waals surface area contributed by atoms with Gasteiger partial charge in [-0.2, -0.15) is 4.31 Å². The van der Waals surface area contributed by atoms with Crippen LogP contribution in [-0.2, 0) is 31.3 Å². The number of methoxy groups -OCH3 is 1. The van der Waals surface area contributed by atoms with Crippen molar-refractivity contribution >= 4 is 43.0 Å². The van der Waals surface area contributed by atoms with Gasteiger partial charge in [0.25, 0.3) is 10.0 Å². The second kappa shape index (κ2) is 13.0. The summed E-state index contributed by atoms with van der Waals surface area (Å²) in [5.74, 6) is 0.264. The van der Waals surface area contributed by atoms with Crippen molar-refractivity contribution in [2.24, 2.45) is 5.92 Å². The molecule has 14 heteroatoms. The molecule has 0 saturated heterocycles. The zero-order valence-corrected chi connectivity index (χ0v) is 26.2. The highest BCUT2D eigenvalue weighted by Crippen LogP contribution is 2.31. The second-order valence-electron chi connectivity index (χ2n) is 10.2. The Hall–Kier alpha value is -3.17. The minimum Gasteiger partial charge on any atom is -0.497 e. The molecule has 1 aromatic heterocycles. The number of carbonyl (C=O) groups excluding carboxylic acids is 1. The number of benzene rings is 2. The van der Waals surface area contributed by atoms with Crippen LogP contribution in [0.1, 0.15) is 19.4 Å². The summed E-state index contributed by atoms with van der Waals surface area (Å²) in [5, 5.41) is 11.5. The predicted molar refractivity (Wildman–Crippen MR) is 160 cm³/mol. The standard InChI is InChI=1S/C28H35N3O8S3/c1-19-16-31(20(2)18-32)27(33)15-21-14-22(29-41(34,35)28-6-5-13-40-28)7-12-25(21)39-26(19)17-30(3)42(36,37)24-10-8-23(38-4)9-11-24/h5-14,19-20,26,29,32H,15-18H2,1-4H3/t19-,20+,26-/m1/s1. The van der Waals surface area contributed by atoms with Gasteiger partial charge in [-0.1, -0.05) is 13.0 Å². The Balaban J connectivity index is 1.67. The minimum atomic E-state index is -3.89. The summed E-state index contributed by atoms with van der Waals surface area (Å²) >= 11 is 1.08. The van der Waals surface area contributed by atoms with Crippen LogP contribution in [0.3, 0.4) is 0 Å². The van der Waals surface area contributed by atoms with Crippen LogP contribution in [0, 0.1) is 5.92 Å². The normalized spacial score (nSPS) is 18.8. The minimum absolute atomic E-state index is 0.0305. The number of amides is 1. The Morgan fingerprint density at radius 2 is 1.88 bits per heavy atom. The van der Waals surface area contributed by atoms with Gasteiger partial charge in [0, 0.05) is 30.8 Å². The van der Waals surface area contributed by atoms with Crippen LogP contribution in [0.5, 0.6) is 11.5 Å². The Morgan fingerprint density at radius 3 is 2.50 bits per heavy atom. The smallest absolute Gasteiger partial charge is 0.271 e. The number of nitrogens with zero attached hydrogens (tertiary/aromatic N) is 2. The van der Waals surface area contributed by atoms with Crippen molar-refractivity contribution < 1.29 is 36.2 Å². The molecule has 3 atom stereocenters. The van der Waals surface area contributed by atoms with E-state index in [9.17, 15) is 26.7 Å². The third-order valence-corrected chi connectivity index (χ3v) is 11.7. The lowest BCUT2D eigenvalue weighted by atomic mass is 10.0. The number of thiophene rings is 1. The number of sulfonamides is 2. The zero-order valence-electron chi connectivity index (χ0n) is 23.8. The third kappa shape index (κ3) is 7.06. The van der Waals surface area contributed by atoms with Crippen molar-refractivity contribution in [2.45, 2.75) is 41.5 Å². The Labute approximate surface area is 250 Å². The fourth-order valence-electron chi connectivity index (χ4n) is 4.61. The number of likely N-dealkylation sites (N-methyl/N-ethyl adjacent to an activating group) is 1. The lowest BCUT2D eigenvalue weighted by Gasteiger charge is -2.33. The number of carbonyl (C=O) groups is 1. The van der Waals surface area contributed by atoms with Gasteiger partial charge in [-0.3, -0.25) is 9.52 Å². The molecule has 0 saturated carbocycles. The van der Waals surface area contributed by atoms with Gasteiger partial charge in [0.1, 0.15) is 21.8 Å². The summed E-state index contributed by atoms with van der Waals surface area (Å²) in [6.07, 6.45) is -0.789. The fourth-order valence-corrected chi connectivity index (χ4v) is 7.84. The molecule has 1 aliphatic heterocycles. The second-order valence-corrected chi connectivity index (χ2v) is 15.1. The largest absolute Gasteiger partial charge is 0.497 e. The van der Waals surface area contributed by atoms with Gasteiger partial charge in [-0.05, 0) is 60.8 Å². The SMILES string of the molecule is COc1ccc(S(=O)(=O)N(C)C[C@H]2Oc3ccc(NS(=O)(=O)c4cccs4)cc3CC(=O)N([C@@H](C)CO)C[C@H]2C)cc1. The van der Waals surface area contributed by atoms with E-state index in [-0.39, 0.29) is 52.7 Å². The summed E-state index contributed by atoms with van der Waals surface area (Å²) in [4.78, 5) is 15.1. The number of ether oxygens (including phenoxy) is 2. The monoisotopic (exact) mass is 637 g/mol. The van der Waals surface area contributed by atoms with Gasteiger partial charge >= 0.3 is 0 Å². The quantitative estimate of drug-likeness (QED) is 0.346. The van der Waals surface area contributed by atoms with Gasteiger partial charge in [0.15, 0.2) is 0 Å². The average Bonchev–Trinajstić information content (AvgIpc) is 3.53. The van der Waals surface area contributed by atoms with Crippen LogP contribution in [0.4, 0.5) is 5.69 Å². The summed E-state index contributed by atoms with van der Waals surface area (Å²) in [6.45, 7) is 3.51. The predicted octanol–water partition coefficient (Wildman–Crippen LogP) is 3.03. The maximum absolute atomic E-state index is 13.4. The lowest BCUT2D eigenvalue weighted by Crippen LogP contribution is -2.48. The maximum atomic E-state index is 13.4. The van der Waals surface area contributed by atoms with Gasteiger partial charge in [0.2, 0.25) is 15.9 Å². The van der Waals surface area contributed by atoms with Crippen LogP contribution in [0.25, 0.3) is 0 Å². The van der Waals surface area contributed by atoms with Crippen molar-refractivity contribution in [3.63, 3.8) is 0 Å². The molecule has 11 nitrogen and oxygen atoms in total. The van der Waals surface area contributed by atoms with Crippen molar-refractivity contribution in [1.29, 1.82) is 0 Å². The highest BCUT2D eigenvalue weighted by Gasteiger charge is 2.33. The molecular formula is C28H35N3O8S3. The average molecular weight is 638 g/mol. The topological polar surface area (TPSA) is 143 Å². The van der Waals surface area contributed by atoms with Crippen molar-refractivity contribution in [2.75, 3.05) is 38.6 Å². The molecule has 2 N–H and O–H groups in total. The van der Waals surface area contributed by atoms with Crippen molar-refractivity contribution in [3.05, 3.63) is 65.5 Å². The number of aliphatic hydroxyl groups is 1. The van der Waals surface area contributed by atoms with E-state index in [1.165, 1.54) is 36.7 Å². The van der Waals surface area contributed by atoms with Crippen LogP contribution < -0.4 is 14.2 Å². The highest BCUT2D eigenvalue weighted by atomic mass is 32.2. The number of fused-ring (bicyclic) bond motifs is 1. The number of hydrogen-bond acceptors (Lipinski definition) is 9. The molecule has 1 aliphatic rings. The molecule has 0 bridgehead atoms. The van der Waals surface area contributed by atoms with Gasteiger partial charge in [-0.25, -0.2) is 16.8 Å². The lowest BCUT2D eigenvalue weighted by molar-refractivity contribution is -0.134. The molecule has 0 spiro atoms. The molecular weight excluding hydrogens is 603 g/mol. The zero-order chi connectivity index (χ0) is 30.7. The van der Waals surface area contributed by atoms with Gasteiger partial charge < -0.3 is 19.5 Å². The van der Waals surface area contributed by atoms with E-state index in [4.69, 9.17) is 9.47 Å². The molecule has 1 amide bonds. The molecule has 0 radical (unpaired) electrons. The summed E-state index contributed by atoms with van der Waals surface area (Å²) in [5.41, 5.74) is 0.685. The molecule has 2 heterocycles. The van der Waals surface area contributed by atoms with E-state index in [2.05, 4.69) is 4.72 Å². The fraction of sp³-hybridized carbons (Fsp3) is 0.393. The van der Waals surface area contributed by atoms with E-state index >= 15 is 0 Å². The first-order valence-corrected chi connectivity index (χ1v) is 17.0. The number of nitrogens with one attached hydrogen (secondary N) is 1. The van der Waals surface area contributed by atoms with Crippen LogP contribution in [0.15, 0.2) is 69.1 Å². The number of anilines is 1. The first kappa shape index (κ1) is 31.8. The molecule has 2 aromatic carbocycles. The summed E-state index contributed by atoms with van der Waals surface area (Å²) in [6, 6.07) is 13.4. The first-order chi connectivity index (χ1) is 19.8. The van der Waals surface area contributed by atoms with E-state index in [0.717, 1.165) is 11.3 Å². The van der Waals surface area contributed by atoms with Crippen molar-refractivity contribution in [1.82, 2.24) is 9.21 Å². The third-order valence-electron chi connectivity index (χ3n) is 7.13. The highest BCUT2D eigenvalue weighted by molar-refractivity contribution is 7.94. The summed E-state index contributed by atoms with van der Waals surface area (Å²) in [7, 11) is -4.75. The Kier molecular flexibility index (Phi) is 9.83.